The van der Waals surface area contributed by atoms with Crippen LogP contribution in [0.2, 0.25) is 0 Å². The van der Waals surface area contributed by atoms with Gasteiger partial charge in [-0.2, -0.15) is 5.10 Å². The maximum Gasteiger partial charge on any atom is 0.256 e. The van der Waals surface area contributed by atoms with Crippen LogP contribution >= 0.6 is 0 Å². The molecule has 1 atom stereocenters. The van der Waals surface area contributed by atoms with Crippen LogP contribution in [0, 0.1) is 19.7 Å². The first kappa shape index (κ1) is 20.1. The molecule has 3 heterocycles. The summed E-state index contributed by atoms with van der Waals surface area (Å²) >= 11 is 0. The number of nitrogens with zero attached hydrogens (tertiary/aromatic N) is 3. The number of halogens is 1. The van der Waals surface area contributed by atoms with Gasteiger partial charge in [-0.25, -0.2) is 22.5 Å². The first-order valence-electron chi connectivity index (χ1n) is 10.4. The molecule has 1 amide bonds. The van der Waals surface area contributed by atoms with Gasteiger partial charge in [0.2, 0.25) is 0 Å². The van der Waals surface area contributed by atoms with E-state index >= 15 is 0 Å². The van der Waals surface area contributed by atoms with Crippen LogP contribution in [0.1, 0.15) is 58.5 Å². The molecule has 1 aliphatic heterocycles. The van der Waals surface area contributed by atoms with E-state index in [1.54, 1.807) is 30.7 Å². The number of aryl methyl sites for hydroxylation is 2. The monoisotopic (exact) mass is 442 g/mol. The van der Waals surface area contributed by atoms with Crippen molar-refractivity contribution < 1.29 is 17.6 Å². The molecule has 2 aliphatic rings. The maximum absolute atomic E-state index is 13.7. The number of benzene rings is 1. The number of rotatable bonds is 4. The van der Waals surface area contributed by atoms with Crippen LogP contribution in [0.15, 0.2) is 24.3 Å². The van der Waals surface area contributed by atoms with Gasteiger partial charge in [-0.05, 0) is 56.9 Å². The third kappa shape index (κ3) is 3.71. The van der Waals surface area contributed by atoms with E-state index in [4.69, 9.17) is 4.98 Å². The lowest BCUT2D eigenvalue weighted by Crippen LogP contribution is -2.16. The van der Waals surface area contributed by atoms with Gasteiger partial charge in [-0.15, -0.1) is 0 Å². The van der Waals surface area contributed by atoms with Crippen molar-refractivity contribution >= 4 is 32.5 Å². The summed E-state index contributed by atoms with van der Waals surface area (Å²) in [5, 5.41) is 8.03. The van der Waals surface area contributed by atoms with Crippen LogP contribution in [0.25, 0.3) is 11.0 Å². The van der Waals surface area contributed by atoms with Gasteiger partial charge in [0.1, 0.15) is 5.82 Å². The molecule has 1 saturated carbocycles. The second kappa shape index (κ2) is 7.12. The van der Waals surface area contributed by atoms with Crippen molar-refractivity contribution in [3.8, 4) is 0 Å². The fraction of sp³-hybridized carbons (Fsp3) is 0.409. The Hall–Kier alpha value is -2.81. The summed E-state index contributed by atoms with van der Waals surface area (Å²) in [5.41, 5.74) is 3.58. The van der Waals surface area contributed by atoms with Gasteiger partial charge in [0.25, 0.3) is 5.91 Å². The third-order valence-electron chi connectivity index (χ3n) is 6.10. The average molecular weight is 443 g/mol. The quantitative estimate of drug-likeness (QED) is 0.665. The Kier molecular flexibility index (Phi) is 4.62. The Morgan fingerprint density at radius 3 is 2.65 bits per heavy atom. The molecule has 162 valence electrons. The van der Waals surface area contributed by atoms with Crippen molar-refractivity contribution in [2.75, 3.05) is 16.8 Å². The number of pyridine rings is 1. The third-order valence-corrected chi connectivity index (χ3v) is 7.85. The lowest BCUT2D eigenvalue weighted by Gasteiger charge is -2.13. The van der Waals surface area contributed by atoms with Gasteiger partial charge in [0, 0.05) is 17.3 Å². The lowest BCUT2D eigenvalue weighted by molar-refractivity contribution is 0.102. The van der Waals surface area contributed by atoms with Crippen molar-refractivity contribution in [3.63, 3.8) is 0 Å². The molecule has 0 spiro atoms. The molecule has 0 radical (unpaired) electrons. The first-order valence-corrected chi connectivity index (χ1v) is 12.2. The van der Waals surface area contributed by atoms with Gasteiger partial charge in [-0.3, -0.25) is 4.79 Å². The highest BCUT2D eigenvalue weighted by Gasteiger charge is 2.34. The molecule has 31 heavy (non-hydrogen) atoms. The van der Waals surface area contributed by atoms with E-state index in [0.717, 1.165) is 24.1 Å². The Morgan fingerprint density at radius 2 is 1.97 bits per heavy atom. The normalized spacial score (nSPS) is 20.3. The standard InChI is InChI=1S/C22H23FN4O3S/c1-12-3-6-15(23)9-18(12)25-22(28)17-10-19(14-4-5-14)24-21-20(17)13(2)26-27(21)16-7-8-31(29,30)11-16/h3,6,9-10,14,16H,4-5,7-8,11H2,1-2H3,(H,25,28)/t16-/m1/s1. The zero-order valence-corrected chi connectivity index (χ0v) is 18.2. The molecular formula is C22H23FN4O3S. The van der Waals surface area contributed by atoms with Crippen LogP contribution in [-0.2, 0) is 9.84 Å². The van der Waals surface area contributed by atoms with Crippen molar-refractivity contribution in [3.05, 3.63) is 52.6 Å². The second-order valence-electron chi connectivity index (χ2n) is 8.57. The summed E-state index contributed by atoms with van der Waals surface area (Å²) < 4.78 is 39.4. The molecule has 1 saturated heterocycles. The van der Waals surface area contributed by atoms with E-state index in [2.05, 4.69) is 10.4 Å². The highest BCUT2D eigenvalue weighted by molar-refractivity contribution is 7.91. The van der Waals surface area contributed by atoms with Gasteiger partial charge in [0.15, 0.2) is 15.5 Å². The van der Waals surface area contributed by atoms with Crippen LogP contribution in [0.3, 0.4) is 0 Å². The van der Waals surface area contributed by atoms with Crippen molar-refractivity contribution in [2.24, 2.45) is 0 Å². The fourth-order valence-corrected chi connectivity index (χ4v) is 5.93. The summed E-state index contributed by atoms with van der Waals surface area (Å²) in [7, 11) is -3.10. The van der Waals surface area contributed by atoms with E-state index in [0.29, 0.717) is 40.3 Å². The van der Waals surface area contributed by atoms with Crippen molar-refractivity contribution in [1.82, 2.24) is 14.8 Å². The molecule has 1 aromatic carbocycles. The summed E-state index contributed by atoms with van der Waals surface area (Å²) in [4.78, 5) is 18.1. The number of hydrogen-bond acceptors (Lipinski definition) is 5. The number of carbonyl (C=O) groups excluding carboxylic acids is 1. The number of sulfone groups is 1. The predicted molar refractivity (Wildman–Crippen MR) is 116 cm³/mol. The van der Waals surface area contributed by atoms with Gasteiger partial charge in [0.05, 0.1) is 34.2 Å². The molecule has 0 unspecified atom stereocenters. The number of amides is 1. The minimum Gasteiger partial charge on any atom is -0.322 e. The number of nitrogens with one attached hydrogen (secondary N) is 1. The fourth-order valence-electron chi connectivity index (χ4n) is 4.24. The zero-order valence-electron chi connectivity index (χ0n) is 17.4. The molecule has 3 aromatic rings. The van der Waals surface area contributed by atoms with Crippen LogP contribution in [0.4, 0.5) is 10.1 Å². The highest BCUT2D eigenvalue weighted by Crippen LogP contribution is 2.41. The molecule has 2 aromatic heterocycles. The molecule has 5 rings (SSSR count). The van der Waals surface area contributed by atoms with E-state index in [9.17, 15) is 17.6 Å². The smallest absolute Gasteiger partial charge is 0.256 e. The Labute approximate surface area is 179 Å². The van der Waals surface area contributed by atoms with Crippen LogP contribution in [-0.4, -0.2) is 40.6 Å². The van der Waals surface area contributed by atoms with Crippen molar-refractivity contribution in [2.45, 2.75) is 45.1 Å². The molecule has 0 bridgehead atoms. The van der Waals surface area contributed by atoms with Crippen molar-refractivity contribution in [1.29, 1.82) is 0 Å². The van der Waals surface area contributed by atoms with Gasteiger partial charge >= 0.3 is 0 Å². The number of aromatic nitrogens is 3. The molecule has 2 fully saturated rings. The van der Waals surface area contributed by atoms with Gasteiger partial charge in [-0.1, -0.05) is 6.07 Å². The Morgan fingerprint density at radius 1 is 1.19 bits per heavy atom. The number of carbonyl (C=O) groups is 1. The molecular weight excluding hydrogens is 419 g/mol. The SMILES string of the molecule is Cc1ccc(F)cc1NC(=O)c1cc(C2CC2)nc2c1c(C)nn2[C@@H]1CCS(=O)(=O)C1. The number of anilines is 1. The number of fused-ring (bicyclic) bond motifs is 1. The highest BCUT2D eigenvalue weighted by atomic mass is 32.2. The van der Waals surface area contributed by atoms with E-state index in [-0.39, 0.29) is 23.5 Å². The second-order valence-corrected chi connectivity index (χ2v) is 10.8. The first-order chi connectivity index (χ1) is 14.7. The van der Waals surface area contributed by atoms with E-state index in [1.165, 1.54) is 12.1 Å². The zero-order chi connectivity index (χ0) is 21.9. The lowest BCUT2D eigenvalue weighted by atomic mass is 10.1. The Bertz CT molecular complexity index is 1330. The summed E-state index contributed by atoms with van der Waals surface area (Å²) in [6, 6.07) is 5.78. The average Bonchev–Trinajstić information content (AvgIpc) is 3.43. The number of hydrogen-bond donors (Lipinski definition) is 1. The van der Waals surface area contributed by atoms with E-state index < -0.39 is 15.7 Å². The molecule has 1 N–H and O–H groups in total. The molecule has 9 heteroatoms. The largest absolute Gasteiger partial charge is 0.322 e. The van der Waals surface area contributed by atoms with Crippen LogP contribution < -0.4 is 5.32 Å². The Balaban J connectivity index is 1.62. The minimum atomic E-state index is -3.10. The predicted octanol–water partition coefficient (Wildman–Crippen LogP) is 3.68. The molecule has 1 aliphatic carbocycles. The molecule has 7 nitrogen and oxygen atoms in total. The van der Waals surface area contributed by atoms with Gasteiger partial charge < -0.3 is 5.32 Å². The summed E-state index contributed by atoms with van der Waals surface area (Å²) in [5.74, 6) is -0.326. The summed E-state index contributed by atoms with van der Waals surface area (Å²) in [6.45, 7) is 3.60. The van der Waals surface area contributed by atoms with Crippen LogP contribution in [0.5, 0.6) is 0 Å². The maximum atomic E-state index is 13.7. The van der Waals surface area contributed by atoms with E-state index in [1.807, 2.05) is 0 Å². The topological polar surface area (TPSA) is 93.9 Å². The minimum absolute atomic E-state index is 0.0303. The summed E-state index contributed by atoms with van der Waals surface area (Å²) in [6.07, 6.45) is 2.50.